The highest BCUT2D eigenvalue weighted by Crippen LogP contribution is 2.26. The number of carbonyl (C=O) groups excluding carboxylic acids is 1. The van der Waals surface area contributed by atoms with Crippen molar-refractivity contribution in [3.05, 3.63) is 106 Å². The van der Waals surface area contributed by atoms with Gasteiger partial charge in [0.05, 0.1) is 6.04 Å². The van der Waals surface area contributed by atoms with Gasteiger partial charge in [0.2, 0.25) is 0 Å². The van der Waals surface area contributed by atoms with E-state index in [2.05, 4.69) is 50.4 Å². The zero-order valence-corrected chi connectivity index (χ0v) is 18.7. The first kappa shape index (κ1) is 21.9. The molecule has 0 fully saturated rings. The van der Waals surface area contributed by atoms with Gasteiger partial charge >= 0.3 is 0 Å². The molecule has 3 rings (SSSR count). The van der Waals surface area contributed by atoms with E-state index in [9.17, 15) is 4.79 Å². The number of carbonyl (C=O) groups is 1. The first-order valence-corrected chi connectivity index (χ1v) is 10.6. The van der Waals surface area contributed by atoms with Crippen LogP contribution in [0.3, 0.4) is 0 Å². The van der Waals surface area contributed by atoms with Crippen molar-refractivity contribution in [2.75, 3.05) is 0 Å². The van der Waals surface area contributed by atoms with Crippen molar-refractivity contribution in [3.63, 3.8) is 0 Å². The van der Waals surface area contributed by atoms with E-state index in [1.807, 2.05) is 67.6 Å². The van der Waals surface area contributed by atoms with Crippen molar-refractivity contribution >= 4 is 29.2 Å². The minimum Gasteiger partial charge on any atom is -0.345 e. The molecule has 3 heteroatoms. The molecule has 1 N–H and O–H groups in total. The Morgan fingerprint density at radius 1 is 0.900 bits per heavy atom. The summed E-state index contributed by atoms with van der Waals surface area (Å²) in [6.07, 6.45) is 1.85. The Morgan fingerprint density at radius 3 is 2.10 bits per heavy atom. The Labute approximate surface area is 184 Å². The molecule has 0 saturated heterocycles. The predicted molar refractivity (Wildman–Crippen MR) is 127 cm³/mol. The van der Waals surface area contributed by atoms with Crippen LogP contribution in [0.4, 0.5) is 0 Å². The van der Waals surface area contributed by atoms with Crippen LogP contribution in [0.5, 0.6) is 0 Å². The molecule has 0 unspecified atom stereocenters. The van der Waals surface area contributed by atoms with Gasteiger partial charge in [0.1, 0.15) is 0 Å². The Bertz CT molecular complexity index is 1030. The number of rotatable bonds is 5. The molecule has 30 heavy (non-hydrogen) atoms. The van der Waals surface area contributed by atoms with Gasteiger partial charge < -0.3 is 5.32 Å². The number of benzene rings is 3. The highest BCUT2D eigenvalue weighted by Gasteiger charge is 2.18. The fourth-order valence-electron chi connectivity index (χ4n) is 3.27. The summed E-state index contributed by atoms with van der Waals surface area (Å²) in [5, 5.41) is 3.76. The molecule has 0 bridgehead atoms. The zero-order chi connectivity index (χ0) is 21.7. The maximum absolute atomic E-state index is 13.2. The molecule has 0 saturated carbocycles. The van der Waals surface area contributed by atoms with Crippen LogP contribution >= 0.6 is 11.6 Å². The fraction of sp³-hybridized carbons (Fsp3) is 0.222. The largest absolute Gasteiger partial charge is 0.345 e. The molecular formula is C27H28ClNO. The lowest BCUT2D eigenvalue weighted by Gasteiger charge is -2.21. The predicted octanol–water partition coefficient (Wildman–Crippen LogP) is 7.06. The minimum absolute atomic E-state index is 0.100. The zero-order valence-electron chi connectivity index (χ0n) is 17.9. The molecule has 0 aliphatic rings. The maximum Gasteiger partial charge on any atom is 0.252 e. The molecule has 0 aliphatic carbocycles. The second kappa shape index (κ2) is 9.32. The van der Waals surface area contributed by atoms with Gasteiger partial charge in [-0.2, -0.15) is 0 Å². The quantitative estimate of drug-likeness (QED) is 0.349. The number of hydrogen-bond donors (Lipinski definition) is 1. The number of hydrogen-bond acceptors (Lipinski definition) is 1. The Balaban J connectivity index is 1.87. The summed E-state index contributed by atoms with van der Waals surface area (Å²) in [6.45, 7) is 8.58. The third-order valence-corrected chi connectivity index (χ3v) is 5.50. The summed E-state index contributed by atoms with van der Waals surface area (Å²) in [5.41, 5.74) is 4.70. The van der Waals surface area contributed by atoms with Crippen LogP contribution in [0, 0.1) is 0 Å². The molecule has 1 atom stereocenters. The van der Waals surface area contributed by atoms with Crippen molar-refractivity contribution in [1.82, 2.24) is 5.32 Å². The van der Waals surface area contributed by atoms with Crippen LogP contribution in [0.25, 0.3) is 11.6 Å². The molecular weight excluding hydrogens is 390 g/mol. The fourth-order valence-corrected chi connectivity index (χ4v) is 3.47. The van der Waals surface area contributed by atoms with E-state index in [1.165, 1.54) is 5.56 Å². The van der Waals surface area contributed by atoms with Crippen LogP contribution in [0.1, 0.15) is 56.0 Å². The Hall–Kier alpha value is -2.84. The van der Waals surface area contributed by atoms with Gasteiger partial charge in [0.25, 0.3) is 5.91 Å². The van der Waals surface area contributed by atoms with Gasteiger partial charge in [-0.15, -0.1) is 0 Å². The van der Waals surface area contributed by atoms with Crippen molar-refractivity contribution < 1.29 is 4.79 Å². The van der Waals surface area contributed by atoms with E-state index in [4.69, 9.17) is 11.6 Å². The van der Waals surface area contributed by atoms with Gasteiger partial charge in [-0.3, -0.25) is 4.79 Å². The number of halogens is 1. The van der Waals surface area contributed by atoms with Crippen LogP contribution in [0.15, 0.2) is 78.9 Å². The van der Waals surface area contributed by atoms with Gasteiger partial charge in [-0.25, -0.2) is 0 Å². The number of nitrogens with one attached hydrogen (secondary N) is 1. The molecule has 0 aromatic heterocycles. The Morgan fingerprint density at radius 2 is 1.50 bits per heavy atom. The second-order valence-electron chi connectivity index (χ2n) is 8.51. The van der Waals surface area contributed by atoms with Crippen molar-refractivity contribution in [3.8, 4) is 0 Å². The lowest BCUT2D eigenvalue weighted by Crippen LogP contribution is -2.27. The summed E-state index contributed by atoms with van der Waals surface area (Å²) in [6, 6.07) is 25.5. The van der Waals surface area contributed by atoms with Gasteiger partial charge in [0, 0.05) is 10.6 Å². The van der Waals surface area contributed by atoms with Crippen LogP contribution in [-0.4, -0.2) is 5.91 Å². The molecule has 0 spiro atoms. The lowest BCUT2D eigenvalue weighted by molar-refractivity contribution is -0.116. The van der Waals surface area contributed by atoms with Crippen molar-refractivity contribution in [2.45, 2.75) is 39.2 Å². The summed E-state index contributed by atoms with van der Waals surface area (Å²) < 4.78 is 0. The summed E-state index contributed by atoms with van der Waals surface area (Å²) >= 11 is 6.34. The van der Waals surface area contributed by atoms with E-state index < -0.39 is 0 Å². The van der Waals surface area contributed by atoms with Crippen molar-refractivity contribution in [2.24, 2.45) is 0 Å². The van der Waals surface area contributed by atoms with Crippen molar-refractivity contribution in [1.29, 1.82) is 0 Å². The molecule has 3 aromatic rings. The molecule has 154 valence electrons. The lowest BCUT2D eigenvalue weighted by atomic mass is 9.86. The van der Waals surface area contributed by atoms with Gasteiger partial charge in [-0.1, -0.05) is 105 Å². The van der Waals surface area contributed by atoms with E-state index in [0.29, 0.717) is 10.6 Å². The van der Waals surface area contributed by atoms with E-state index in [0.717, 1.165) is 16.7 Å². The molecule has 2 nitrogen and oxygen atoms in total. The van der Waals surface area contributed by atoms with Crippen LogP contribution in [0.2, 0.25) is 5.02 Å². The molecule has 0 heterocycles. The first-order valence-electron chi connectivity index (χ1n) is 10.2. The molecule has 3 aromatic carbocycles. The first-order chi connectivity index (χ1) is 14.3. The highest BCUT2D eigenvalue weighted by molar-refractivity contribution is 6.33. The van der Waals surface area contributed by atoms with Crippen LogP contribution in [-0.2, 0) is 10.2 Å². The van der Waals surface area contributed by atoms with E-state index >= 15 is 0 Å². The summed E-state index contributed by atoms with van der Waals surface area (Å²) in [4.78, 5) is 13.2. The summed E-state index contributed by atoms with van der Waals surface area (Å²) in [7, 11) is 0. The Kier molecular flexibility index (Phi) is 6.79. The average Bonchev–Trinajstić information content (AvgIpc) is 2.73. The topological polar surface area (TPSA) is 29.1 Å². The molecule has 0 aliphatic heterocycles. The average molecular weight is 418 g/mol. The second-order valence-corrected chi connectivity index (χ2v) is 8.92. The maximum atomic E-state index is 13.2. The minimum atomic E-state index is -0.131. The highest BCUT2D eigenvalue weighted by atomic mass is 35.5. The van der Waals surface area contributed by atoms with E-state index in [-0.39, 0.29) is 17.4 Å². The van der Waals surface area contributed by atoms with Crippen LogP contribution < -0.4 is 5.32 Å². The third-order valence-electron chi connectivity index (χ3n) is 5.16. The SMILES string of the molecule is C[C@H](NC(=O)/C(=C/c1ccccc1Cl)c1ccccc1)c1ccc(C(C)(C)C)cc1. The van der Waals surface area contributed by atoms with E-state index in [1.54, 1.807) is 0 Å². The summed E-state index contributed by atoms with van der Waals surface area (Å²) in [5.74, 6) is -0.131. The normalized spacial score (nSPS) is 13.0. The van der Waals surface area contributed by atoms with Gasteiger partial charge in [-0.05, 0) is 46.7 Å². The smallest absolute Gasteiger partial charge is 0.252 e. The molecule has 1 amide bonds. The monoisotopic (exact) mass is 417 g/mol. The third kappa shape index (κ3) is 5.40. The molecule has 0 radical (unpaired) electrons. The number of amides is 1. The van der Waals surface area contributed by atoms with Gasteiger partial charge in [0.15, 0.2) is 0 Å². The standard InChI is InChI=1S/C27H28ClNO/c1-19(20-14-16-23(17-15-20)27(2,3)4)29-26(30)24(21-10-6-5-7-11-21)18-22-12-8-9-13-25(22)28/h5-19H,1-4H3,(H,29,30)/b24-18+/t19-/m0/s1.